The van der Waals surface area contributed by atoms with Gasteiger partial charge in [0.05, 0.1) is 6.61 Å². The number of amides is 1. The van der Waals surface area contributed by atoms with E-state index in [2.05, 4.69) is 10.6 Å². The molecule has 0 bridgehead atoms. The second-order valence-electron chi connectivity index (χ2n) is 3.20. The Morgan fingerprint density at radius 2 is 2.57 bits per heavy atom. The van der Waals surface area contributed by atoms with Crippen LogP contribution in [-0.2, 0) is 14.3 Å². The number of carbonyl (C=O) groups is 1. The fourth-order valence-corrected chi connectivity index (χ4v) is 1.28. The molecular formula is C9H18N2O3. The van der Waals surface area contributed by atoms with Crippen molar-refractivity contribution in [1.82, 2.24) is 10.6 Å². The third kappa shape index (κ3) is 4.04. The lowest BCUT2D eigenvalue weighted by atomic mass is 10.3. The Balaban J connectivity index is 2.07. The number of methoxy groups -OCH3 is 1. The van der Waals surface area contributed by atoms with Gasteiger partial charge in [0.15, 0.2) is 0 Å². The van der Waals surface area contributed by atoms with Crippen LogP contribution in [0.5, 0.6) is 0 Å². The van der Waals surface area contributed by atoms with E-state index in [0.717, 1.165) is 13.0 Å². The molecule has 0 aromatic heterocycles. The third-order valence-electron chi connectivity index (χ3n) is 2.04. The molecule has 1 atom stereocenters. The van der Waals surface area contributed by atoms with Gasteiger partial charge < -0.3 is 20.1 Å². The normalized spacial score (nSPS) is 21.9. The van der Waals surface area contributed by atoms with E-state index in [1.807, 2.05) is 0 Å². The Bertz CT molecular complexity index is 169. The molecule has 5 heteroatoms. The summed E-state index contributed by atoms with van der Waals surface area (Å²) < 4.78 is 10.2. The fourth-order valence-electron chi connectivity index (χ4n) is 1.28. The van der Waals surface area contributed by atoms with Crippen molar-refractivity contribution >= 4 is 5.91 Å². The van der Waals surface area contributed by atoms with Gasteiger partial charge in [-0.15, -0.1) is 0 Å². The number of hydrogen-bond acceptors (Lipinski definition) is 4. The van der Waals surface area contributed by atoms with E-state index in [0.29, 0.717) is 26.3 Å². The molecule has 1 saturated heterocycles. The van der Waals surface area contributed by atoms with E-state index in [1.54, 1.807) is 7.11 Å². The van der Waals surface area contributed by atoms with Crippen molar-refractivity contribution < 1.29 is 14.3 Å². The quantitative estimate of drug-likeness (QED) is 0.569. The number of carbonyl (C=O) groups excluding carboxylic acids is 1. The summed E-state index contributed by atoms with van der Waals surface area (Å²) in [6.45, 7) is 3.36. The van der Waals surface area contributed by atoms with Crippen LogP contribution in [0, 0.1) is 0 Å². The summed E-state index contributed by atoms with van der Waals surface area (Å²) in [4.78, 5) is 11.4. The number of nitrogens with one attached hydrogen (secondary N) is 2. The van der Waals surface area contributed by atoms with Gasteiger partial charge in [-0.25, -0.2) is 0 Å². The van der Waals surface area contributed by atoms with E-state index in [-0.39, 0.29) is 12.0 Å². The molecule has 2 N–H and O–H groups in total. The van der Waals surface area contributed by atoms with Crippen molar-refractivity contribution in [3.8, 4) is 0 Å². The van der Waals surface area contributed by atoms with Gasteiger partial charge in [0.25, 0.3) is 0 Å². The van der Waals surface area contributed by atoms with Gasteiger partial charge in [-0.1, -0.05) is 0 Å². The first-order chi connectivity index (χ1) is 6.84. The van der Waals surface area contributed by atoms with Crippen LogP contribution in [-0.4, -0.2) is 52.0 Å². The highest BCUT2D eigenvalue weighted by atomic mass is 16.5. The van der Waals surface area contributed by atoms with Crippen molar-refractivity contribution in [2.75, 3.05) is 40.0 Å². The lowest BCUT2D eigenvalue weighted by Gasteiger charge is -2.22. The molecule has 1 unspecified atom stereocenters. The van der Waals surface area contributed by atoms with Gasteiger partial charge in [0.1, 0.15) is 6.10 Å². The summed E-state index contributed by atoms with van der Waals surface area (Å²) in [5.41, 5.74) is 0. The number of ether oxygens (including phenoxy) is 2. The number of morpholine rings is 1. The molecule has 1 aliphatic heterocycles. The maximum absolute atomic E-state index is 11.4. The standard InChI is InChI=1S/C9H18N2O3/c1-13-5-2-3-11-9(12)8-7-10-4-6-14-8/h8,10H,2-7H2,1H3,(H,11,12). The lowest BCUT2D eigenvalue weighted by molar-refractivity contribution is -0.134. The predicted molar refractivity (Wildman–Crippen MR) is 52.1 cm³/mol. The second kappa shape index (κ2) is 6.75. The van der Waals surface area contributed by atoms with E-state index >= 15 is 0 Å². The molecule has 0 aliphatic carbocycles. The molecule has 1 heterocycles. The van der Waals surface area contributed by atoms with E-state index in [4.69, 9.17) is 9.47 Å². The molecule has 1 fully saturated rings. The smallest absolute Gasteiger partial charge is 0.250 e. The number of hydrogen-bond donors (Lipinski definition) is 2. The van der Waals surface area contributed by atoms with Crippen molar-refractivity contribution in [3.05, 3.63) is 0 Å². The molecule has 82 valence electrons. The maximum Gasteiger partial charge on any atom is 0.250 e. The minimum absolute atomic E-state index is 0.0340. The van der Waals surface area contributed by atoms with Gasteiger partial charge in [0, 0.05) is 33.4 Å². The summed E-state index contributed by atoms with van der Waals surface area (Å²) in [7, 11) is 1.65. The van der Waals surface area contributed by atoms with Crippen LogP contribution < -0.4 is 10.6 Å². The molecule has 0 radical (unpaired) electrons. The van der Waals surface area contributed by atoms with Crippen molar-refractivity contribution in [2.45, 2.75) is 12.5 Å². The zero-order chi connectivity index (χ0) is 10.2. The zero-order valence-corrected chi connectivity index (χ0v) is 8.54. The van der Waals surface area contributed by atoms with Crippen LogP contribution in [0.25, 0.3) is 0 Å². The summed E-state index contributed by atoms with van der Waals surface area (Å²) in [5, 5.41) is 5.91. The monoisotopic (exact) mass is 202 g/mol. The summed E-state index contributed by atoms with van der Waals surface area (Å²) in [6, 6.07) is 0. The highest BCUT2D eigenvalue weighted by Gasteiger charge is 2.20. The minimum Gasteiger partial charge on any atom is -0.385 e. The van der Waals surface area contributed by atoms with Gasteiger partial charge in [-0.05, 0) is 6.42 Å². The Hall–Kier alpha value is -0.650. The Morgan fingerprint density at radius 3 is 3.21 bits per heavy atom. The molecule has 0 spiro atoms. The lowest BCUT2D eigenvalue weighted by Crippen LogP contribution is -2.48. The van der Waals surface area contributed by atoms with Gasteiger partial charge in [-0.2, -0.15) is 0 Å². The molecule has 0 aromatic rings. The molecule has 0 saturated carbocycles. The molecule has 14 heavy (non-hydrogen) atoms. The van der Waals surface area contributed by atoms with Crippen LogP contribution in [0.3, 0.4) is 0 Å². The Kier molecular flexibility index (Phi) is 5.51. The molecule has 1 amide bonds. The van der Waals surface area contributed by atoms with Crippen LogP contribution in [0.15, 0.2) is 0 Å². The summed E-state index contributed by atoms with van der Waals surface area (Å²) in [6.07, 6.45) is 0.508. The first-order valence-corrected chi connectivity index (χ1v) is 4.93. The SMILES string of the molecule is COCCCNC(=O)C1CNCCO1. The van der Waals surface area contributed by atoms with E-state index in [9.17, 15) is 4.79 Å². The third-order valence-corrected chi connectivity index (χ3v) is 2.04. The fraction of sp³-hybridized carbons (Fsp3) is 0.889. The highest BCUT2D eigenvalue weighted by Crippen LogP contribution is 1.95. The summed E-state index contributed by atoms with van der Waals surface area (Å²) in [5.74, 6) is -0.0340. The van der Waals surface area contributed by atoms with Gasteiger partial charge in [0.2, 0.25) is 5.91 Å². The molecule has 0 aromatic carbocycles. The molecule has 1 aliphatic rings. The van der Waals surface area contributed by atoms with Crippen LogP contribution in [0.2, 0.25) is 0 Å². The first kappa shape index (κ1) is 11.4. The van der Waals surface area contributed by atoms with E-state index < -0.39 is 0 Å². The highest BCUT2D eigenvalue weighted by molar-refractivity contribution is 5.81. The van der Waals surface area contributed by atoms with Crippen LogP contribution in [0.4, 0.5) is 0 Å². The zero-order valence-electron chi connectivity index (χ0n) is 8.54. The average Bonchev–Trinajstić information content (AvgIpc) is 2.25. The average molecular weight is 202 g/mol. The molecule has 1 rings (SSSR count). The Labute approximate surface area is 84.1 Å². The Morgan fingerprint density at radius 1 is 1.71 bits per heavy atom. The largest absolute Gasteiger partial charge is 0.385 e. The summed E-state index contributed by atoms with van der Waals surface area (Å²) >= 11 is 0. The topological polar surface area (TPSA) is 59.6 Å². The maximum atomic E-state index is 11.4. The second-order valence-corrected chi connectivity index (χ2v) is 3.20. The van der Waals surface area contributed by atoms with Crippen molar-refractivity contribution in [1.29, 1.82) is 0 Å². The molecular weight excluding hydrogens is 184 g/mol. The number of rotatable bonds is 5. The first-order valence-electron chi connectivity index (χ1n) is 4.93. The van der Waals surface area contributed by atoms with Gasteiger partial charge in [-0.3, -0.25) is 4.79 Å². The molecule has 5 nitrogen and oxygen atoms in total. The van der Waals surface area contributed by atoms with Gasteiger partial charge >= 0.3 is 0 Å². The van der Waals surface area contributed by atoms with Crippen LogP contribution >= 0.6 is 0 Å². The minimum atomic E-state index is -0.328. The van der Waals surface area contributed by atoms with Crippen molar-refractivity contribution in [3.63, 3.8) is 0 Å². The van der Waals surface area contributed by atoms with Crippen LogP contribution in [0.1, 0.15) is 6.42 Å². The van der Waals surface area contributed by atoms with Crippen molar-refractivity contribution in [2.24, 2.45) is 0 Å². The predicted octanol–water partition coefficient (Wildman–Crippen LogP) is -0.872. The van der Waals surface area contributed by atoms with E-state index in [1.165, 1.54) is 0 Å².